The van der Waals surface area contributed by atoms with Crippen molar-refractivity contribution in [1.82, 2.24) is 4.57 Å². The van der Waals surface area contributed by atoms with Crippen molar-refractivity contribution in [1.29, 1.82) is 0 Å². The number of aryl methyl sites for hydroxylation is 1. The minimum absolute atomic E-state index is 0.0260. The summed E-state index contributed by atoms with van der Waals surface area (Å²) in [5.74, 6) is 0. The molecule has 0 bridgehead atoms. The molecule has 1 aromatic heterocycles. The highest BCUT2D eigenvalue weighted by molar-refractivity contribution is 7.07. The Morgan fingerprint density at radius 2 is 1.85 bits per heavy atom. The van der Waals surface area contributed by atoms with E-state index in [1.165, 1.54) is 29.0 Å². The molecule has 0 atom stereocenters. The zero-order chi connectivity index (χ0) is 19.0. The zero-order valence-corrected chi connectivity index (χ0v) is 15.3. The van der Waals surface area contributed by atoms with E-state index in [4.69, 9.17) is 0 Å². The number of nitrogens with zero attached hydrogens (tertiary/aromatic N) is 4. The number of fused-ring (bicyclic) bond motifs is 1. The van der Waals surface area contributed by atoms with Crippen LogP contribution >= 0.6 is 11.3 Å². The van der Waals surface area contributed by atoms with Gasteiger partial charge in [0.25, 0.3) is 11.2 Å². The predicted molar refractivity (Wildman–Crippen MR) is 105 cm³/mol. The summed E-state index contributed by atoms with van der Waals surface area (Å²) in [5.41, 5.74) is 2.87. The number of hydrogen-bond acceptors (Lipinski definition) is 6. The quantitative estimate of drug-likeness (QED) is 0.514. The number of benzene rings is 2. The standard InChI is InChI=1S/C19H16N4O3S/c1-13-2-6-15(7-3-13)21-11-20-19-22(12-21)18(24)17(27-19)10-14-4-8-16(9-5-14)23(25)26/h2-10H,11-12H2,1H3. The predicted octanol–water partition coefficient (Wildman–Crippen LogP) is 2.01. The van der Waals surface area contributed by atoms with Gasteiger partial charge in [0.15, 0.2) is 4.80 Å². The second kappa shape index (κ2) is 6.81. The fourth-order valence-electron chi connectivity index (χ4n) is 2.87. The van der Waals surface area contributed by atoms with Gasteiger partial charge in [-0.05, 0) is 42.8 Å². The fraction of sp³-hybridized carbons (Fsp3) is 0.158. The Balaban J connectivity index is 1.67. The van der Waals surface area contributed by atoms with Crippen molar-refractivity contribution in [2.75, 3.05) is 11.6 Å². The van der Waals surface area contributed by atoms with Crippen LogP contribution in [0.1, 0.15) is 11.1 Å². The summed E-state index contributed by atoms with van der Waals surface area (Å²) in [7, 11) is 0. The summed E-state index contributed by atoms with van der Waals surface area (Å²) in [6.45, 7) is 2.98. The molecule has 0 unspecified atom stereocenters. The van der Waals surface area contributed by atoms with E-state index < -0.39 is 4.92 Å². The summed E-state index contributed by atoms with van der Waals surface area (Å²) in [4.78, 5) is 30.3. The maximum Gasteiger partial charge on any atom is 0.271 e. The van der Waals surface area contributed by atoms with Crippen molar-refractivity contribution in [3.8, 4) is 0 Å². The molecular weight excluding hydrogens is 364 g/mol. The molecule has 27 heavy (non-hydrogen) atoms. The van der Waals surface area contributed by atoms with Crippen LogP contribution in [0.4, 0.5) is 11.4 Å². The van der Waals surface area contributed by atoms with E-state index in [0.29, 0.717) is 22.7 Å². The van der Waals surface area contributed by atoms with Crippen LogP contribution in [0.25, 0.3) is 6.08 Å². The summed E-state index contributed by atoms with van der Waals surface area (Å²) in [5, 5.41) is 10.8. The highest BCUT2D eigenvalue weighted by Gasteiger charge is 2.16. The Kier molecular flexibility index (Phi) is 4.33. The van der Waals surface area contributed by atoms with Crippen molar-refractivity contribution < 1.29 is 4.92 Å². The van der Waals surface area contributed by atoms with Crippen LogP contribution in [0.15, 0.2) is 58.3 Å². The first-order valence-electron chi connectivity index (χ1n) is 8.33. The van der Waals surface area contributed by atoms with Crippen molar-refractivity contribution in [2.45, 2.75) is 13.6 Å². The summed E-state index contributed by atoms with van der Waals surface area (Å²) in [6.07, 6.45) is 1.74. The smallest absolute Gasteiger partial charge is 0.271 e. The molecule has 0 amide bonds. The van der Waals surface area contributed by atoms with E-state index in [0.717, 1.165) is 11.3 Å². The first-order chi connectivity index (χ1) is 13.0. The molecule has 7 nitrogen and oxygen atoms in total. The molecule has 0 fully saturated rings. The highest BCUT2D eigenvalue weighted by Crippen LogP contribution is 2.16. The molecule has 0 N–H and O–H groups in total. The Hall–Kier alpha value is -3.26. The van der Waals surface area contributed by atoms with Gasteiger partial charge in [0.05, 0.1) is 9.46 Å². The molecule has 136 valence electrons. The lowest BCUT2D eigenvalue weighted by atomic mass is 10.2. The molecule has 0 aliphatic carbocycles. The zero-order valence-electron chi connectivity index (χ0n) is 14.5. The van der Waals surface area contributed by atoms with Gasteiger partial charge in [0, 0.05) is 17.8 Å². The van der Waals surface area contributed by atoms with Gasteiger partial charge in [0.2, 0.25) is 0 Å². The summed E-state index contributed by atoms with van der Waals surface area (Å²) in [6, 6.07) is 14.3. The lowest BCUT2D eigenvalue weighted by molar-refractivity contribution is -0.384. The summed E-state index contributed by atoms with van der Waals surface area (Å²) >= 11 is 1.33. The topological polar surface area (TPSA) is 80.7 Å². The molecule has 0 saturated heterocycles. The van der Waals surface area contributed by atoms with Crippen LogP contribution in [0.2, 0.25) is 0 Å². The van der Waals surface area contributed by atoms with Crippen LogP contribution in [-0.4, -0.2) is 16.2 Å². The van der Waals surface area contributed by atoms with Crippen molar-refractivity contribution in [3.63, 3.8) is 0 Å². The number of thiazole rings is 1. The average Bonchev–Trinajstić information content (AvgIpc) is 2.98. The van der Waals surface area contributed by atoms with Gasteiger partial charge in [-0.25, -0.2) is 4.99 Å². The lowest BCUT2D eigenvalue weighted by Gasteiger charge is -2.25. The molecule has 4 rings (SSSR count). The average molecular weight is 380 g/mol. The molecule has 1 aliphatic rings. The van der Waals surface area contributed by atoms with Gasteiger partial charge in [-0.15, -0.1) is 0 Å². The minimum atomic E-state index is -0.443. The molecular formula is C19H16N4O3S. The number of nitro groups is 1. The van der Waals surface area contributed by atoms with Crippen LogP contribution in [0, 0.1) is 17.0 Å². The first kappa shape index (κ1) is 17.2. The molecule has 0 spiro atoms. The third-order valence-corrected chi connectivity index (χ3v) is 5.42. The Morgan fingerprint density at radius 3 is 2.52 bits per heavy atom. The van der Waals surface area contributed by atoms with Crippen molar-refractivity contribution in [2.24, 2.45) is 4.99 Å². The van der Waals surface area contributed by atoms with Gasteiger partial charge in [-0.1, -0.05) is 29.0 Å². The molecule has 8 heteroatoms. The largest absolute Gasteiger partial charge is 0.334 e. The maximum absolute atomic E-state index is 12.8. The van der Waals surface area contributed by atoms with Crippen LogP contribution in [0.5, 0.6) is 0 Å². The third kappa shape index (κ3) is 3.39. The van der Waals surface area contributed by atoms with Crippen LogP contribution < -0.4 is 19.8 Å². The molecule has 0 saturated carbocycles. The fourth-order valence-corrected chi connectivity index (χ4v) is 3.84. The number of anilines is 1. The molecule has 1 aliphatic heterocycles. The van der Waals surface area contributed by atoms with E-state index >= 15 is 0 Å². The lowest BCUT2D eigenvalue weighted by Crippen LogP contribution is -2.42. The number of nitro benzene ring substituents is 1. The molecule has 3 aromatic rings. The molecule has 2 heterocycles. The van der Waals surface area contributed by atoms with E-state index in [9.17, 15) is 14.9 Å². The van der Waals surface area contributed by atoms with E-state index in [-0.39, 0.29) is 11.2 Å². The normalized spacial score (nSPS) is 14.0. The van der Waals surface area contributed by atoms with Gasteiger partial charge in [0.1, 0.15) is 13.3 Å². The monoisotopic (exact) mass is 380 g/mol. The van der Waals surface area contributed by atoms with Gasteiger partial charge in [-0.2, -0.15) is 0 Å². The second-order valence-corrected chi connectivity index (χ2v) is 7.30. The Labute approximate surface area is 158 Å². The van der Waals surface area contributed by atoms with Gasteiger partial charge < -0.3 is 4.90 Å². The summed E-state index contributed by atoms with van der Waals surface area (Å²) < 4.78 is 2.22. The number of non-ortho nitro benzene ring substituents is 1. The number of rotatable bonds is 3. The number of hydrogen-bond donors (Lipinski definition) is 0. The maximum atomic E-state index is 12.8. The van der Waals surface area contributed by atoms with Crippen molar-refractivity contribution >= 4 is 28.8 Å². The van der Waals surface area contributed by atoms with Crippen LogP contribution in [-0.2, 0) is 6.67 Å². The minimum Gasteiger partial charge on any atom is -0.334 e. The van der Waals surface area contributed by atoms with E-state index in [1.807, 2.05) is 36.1 Å². The highest BCUT2D eigenvalue weighted by atomic mass is 32.1. The van der Waals surface area contributed by atoms with Gasteiger partial charge in [-0.3, -0.25) is 19.5 Å². The SMILES string of the molecule is Cc1ccc(N2CN=c3sc(=Cc4ccc([N+](=O)[O-])cc4)c(=O)n3C2)cc1. The Morgan fingerprint density at radius 1 is 1.15 bits per heavy atom. The van der Waals surface area contributed by atoms with E-state index in [1.54, 1.807) is 22.8 Å². The number of aromatic nitrogens is 1. The first-order valence-corrected chi connectivity index (χ1v) is 9.15. The van der Waals surface area contributed by atoms with Gasteiger partial charge >= 0.3 is 0 Å². The molecule has 2 aromatic carbocycles. The third-order valence-electron chi connectivity index (χ3n) is 4.38. The second-order valence-electron chi connectivity index (χ2n) is 6.29. The van der Waals surface area contributed by atoms with Crippen LogP contribution in [0.3, 0.4) is 0 Å². The Bertz CT molecular complexity index is 1180. The molecule has 0 radical (unpaired) electrons. The van der Waals surface area contributed by atoms with E-state index in [2.05, 4.69) is 4.99 Å². The van der Waals surface area contributed by atoms with Crippen molar-refractivity contribution in [3.05, 3.63) is 89.5 Å².